The van der Waals surface area contributed by atoms with E-state index >= 15 is 0 Å². The molecule has 0 aliphatic carbocycles. The van der Waals surface area contributed by atoms with E-state index in [0.717, 1.165) is 12.0 Å². The van der Waals surface area contributed by atoms with Gasteiger partial charge in [0.2, 0.25) is 5.91 Å². The van der Waals surface area contributed by atoms with Crippen LogP contribution in [0.2, 0.25) is 0 Å². The molecule has 0 bridgehead atoms. The number of allylic oxidation sites excluding steroid dienone is 1. The van der Waals surface area contributed by atoms with E-state index in [4.69, 9.17) is 16.3 Å². The predicted octanol–water partition coefficient (Wildman–Crippen LogP) is 0.499. The Morgan fingerprint density at radius 2 is 2.14 bits per heavy atom. The van der Waals surface area contributed by atoms with Gasteiger partial charge in [-0.1, -0.05) is 30.3 Å². The Kier molecular flexibility index (Phi) is 5.80. The topological polar surface area (TPSA) is 93.6 Å². The normalized spacial score (nSPS) is 22.2. The van der Waals surface area contributed by atoms with Crippen LogP contribution in [0.15, 0.2) is 42.2 Å². The lowest BCUT2D eigenvalue weighted by Gasteiger charge is -2.34. The molecule has 22 heavy (non-hydrogen) atoms. The van der Waals surface area contributed by atoms with Crippen molar-refractivity contribution in [1.82, 2.24) is 10.3 Å². The molecule has 2 rings (SSSR count). The zero-order valence-electron chi connectivity index (χ0n) is 12.9. The maximum atomic E-state index is 11.1. The molecule has 2 atom stereocenters. The molecule has 5 N–H and O–H groups in total. The van der Waals surface area contributed by atoms with Gasteiger partial charge in [0.25, 0.3) is 0 Å². The molecule has 1 fully saturated rings. The molecule has 1 aliphatic rings. The van der Waals surface area contributed by atoms with Crippen molar-refractivity contribution in [2.24, 2.45) is 11.6 Å². The Bertz CT molecular complexity index is 518. The van der Waals surface area contributed by atoms with Crippen LogP contribution in [0.3, 0.4) is 0 Å². The number of amides is 1. The van der Waals surface area contributed by atoms with Gasteiger partial charge < -0.3 is 20.8 Å². The van der Waals surface area contributed by atoms with Crippen LogP contribution in [0, 0.1) is 0 Å². The Hall–Kier alpha value is -2.05. The van der Waals surface area contributed by atoms with E-state index in [-0.39, 0.29) is 18.0 Å². The summed E-state index contributed by atoms with van der Waals surface area (Å²) in [5.41, 5.74) is 7.89. The molecule has 120 valence electrons. The summed E-state index contributed by atoms with van der Waals surface area (Å²) in [7, 11) is 0. The molecule has 2 unspecified atom stereocenters. The second-order valence-corrected chi connectivity index (χ2v) is 5.64. The highest BCUT2D eigenvalue weighted by Gasteiger charge is 2.25. The number of nitrogens with zero attached hydrogens (tertiary/aromatic N) is 1. The summed E-state index contributed by atoms with van der Waals surface area (Å²) in [6.45, 7) is 2.55. The van der Waals surface area contributed by atoms with Crippen molar-refractivity contribution in [1.29, 1.82) is 0 Å². The Labute approximate surface area is 131 Å². The van der Waals surface area contributed by atoms with Crippen LogP contribution in [-0.4, -0.2) is 36.2 Å². The zero-order chi connectivity index (χ0) is 15.9. The largest absolute Gasteiger partial charge is 0.401 e. The van der Waals surface area contributed by atoms with Crippen molar-refractivity contribution in [3.63, 3.8) is 0 Å². The van der Waals surface area contributed by atoms with E-state index in [1.807, 2.05) is 30.3 Å². The fourth-order valence-corrected chi connectivity index (χ4v) is 2.58. The van der Waals surface area contributed by atoms with Crippen LogP contribution in [0.1, 0.15) is 18.9 Å². The van der Waals surface area contributed by atoms with Gasteiger partial charge >= 0.3 is 0 Å². The van der Waals surface area contributed by atoms with Crippen molar-refractivity contribution in [2.75, 3.05) is 13.2 Å². The Morgan fingerprint density at radius 1 is 1.41 bits per heavy atom. The second kappa shape index (κ2) is 7.82. The van der Waals surface area contributed by atoms with E-state index in [1.165, 1.54) is 6.92 Å². The molecule has 1 heterocycles. The lowest BCUT2D eigenvalue weighted by molar-refractivity contribution is -0.121. The number of carbonyl (C=O) groups is 1. The van der Waals surface area contributed by atoms with Crippen LogP contribution in [0.4, 0.5) is 0 Å². The van der Waals surface area contributed by atoms with Crippen molar-refractivity contribution in [3.05, 3.63) is 47.8 Å². The first-order valence-electron chi connectivity index (χ1n) is 7.42. The van der Waals surface area contributed by atoms with E-state index in [0.29, 0.717) is 25.3 Å². The van der Waals surface area contributed by atoms with E-state index in [9.17, 15) is 4.79 Å². The first kappa shape index (κ1) is 16.3. The van der Waals surface area contributed by atoms with Gasteiger partial charge in [0.1, 0.15) is 0 Å². The number of carbonyl (C=O) groups excluding carboxylic acids is 1. The van der Waals surface area contributed by atoms with E-state index in [1.54, 1.807) is 11.2 Å². The third-order valence-corrected chi connectivity index (χ3v) is 3.58. The first-order chi connectivity index (χ1) is 10.5. The summed E-state index contributed by atoms with van der Waals surface area (Å²) in [6, 6.07) is 9.98. The summed E-state index contributed by atoms with van der Waals surface area (Å²) in [4.78, 5) is 11.1. The summed E-state index contributed by atoms with van der Waals surface area (Å²) >= 11 is 0. The highest BCUT2D eigenvalue weighted by atomic mass is 16.5. The zero-order valence-corrected chi connectivity index (χ0v) is 12.9. The highest BCUT2D eigenvalue weighted by molar-refractivity contribution is 5.73. The number of rotatable bonds is 5. The van der Waals surface area contributed by atoms with E-state index in [2.05, 4.69) is 5.32 Å². The van der Waals surface area contributed by atoms with Gasteiger partial charge in [-0.15, -0.1) is 0 Å². The quantitative estimate of drug-likeness (QED) is 0.544. The molecule has 1 aromatic carbocycles. The molecule has 0 aromatic heterocycles. The van der Waals surface area contributed by atoms with E-state index < -0.39 is 0 Å². The van der Waals surface area contributed by atoms with Gasteiger partial charge in [0, 0.05) is 25.2 Å². The number of nitrogens with two attached hydrogens (primary N) is 2. The fraction of sp³-hybridized carbons (Fsp3) is 0.438. The molecule has 0 radical (unpaired) electrons. The molecule has 0 saturated carbocycles. The smallest absolute Gasteiger partial charge is 0.217 e. The van der Waals surface area contributed by atoms with Crippen LogP contribution < -0.4 is 16.9 Å². The van der Waals surface area contributed by atoms with Crippen LogP contribution in [0.25, 0.3) is 0 Å². The van der Waals surface area contributed by atoms with Crippen LogP contribution >= 0.6 is 0 Å². The summed E-state index contributed by atoms with van der Waals surface area (Å²) < 4.78 is 5.51. The van der Waals surface area contributed by atoms with Crippen molar-refractivity contribution < 1.29 is 9.53 Å². The lowest BCUT2D eigenvalue weighted by atomic mass is 10.1. The maximum Gasteiger partial charge on any atom is 0.217 e. The lowest BCUT2D eigenvalue weighted by Crippen LogP contribution is -2.51. The molecule has 0 spiro atoms. The van der Waals surface area contributed by atoms with Crippen LogP contribution in [0.5, 0.6) is 0 Å². The third-order valence-electron chi connectivity index (χ3n) is 3.58. The van der Waals surface area contributed by atoms with Gasteiger partial charge in [-0.3, -0.25) is 4.79 Å². The van der Waals surface area contributed by atoms with Gasteiger partial charge in [-0.05, 0) is 12.0 Å². The summed E-state index contributed by atoms with van der Waals surface area (Å²) in [6.07, 6.45) is 3.14. The molecule has 6 nitrogen and oxygen atoms in total. The predicted molar refractivity (Wildman–Crippen MR) is 85.3 cm³/mol. The molecule has 1 saturated heterocycles. The standard InChI is InChI=1S/C16H24N4O2/c1-12(21)19-15-8-16(11-22-10-15)20(18)9-14(17)7-13-5-3-2-4-6-13/h2-6,9,15-16H,7-8,10-11,17-18H2,1H3,(H,19,21)/b14-9-. The maximum absolute atomic E-state index is 11.1. The summed E-state index contributed by atoms with van der Waals surface area (Å²) in [5, 5.41) is 4.45. The summed E-state index contributed by atoms with van der Waals surface area (Å²) in [5.74, 6) is 6.02. The number of hydrazine groups is 1. The number of hydrogen-bond donors (Lipinski definition) is 3. The minimum absolute atomic E-state index is 0.0000710. The van der Waals surface area contributed by atoms with Gasteiger partial charge in [0.05, 0.1) is 25.3 Å². The number of benzene rings is 1. The van der Waals surface area contributed by atoms with Gasteiger partial charge in [-0.25, -0.2) is 5.84 Å². The molecular weight excluding hydrogens is 280 g/mol. The van der Waals surface area contributed by atoms with Gasteiger partial charge in [0.15, 0.2) is 0 Å². The number of nitrogens with one attached hydrogen (secondary N) is 1. The Balaban J connectivity index is 1.91. The minimum Gasteiger partial charge on any atom is -0.401 e. The number of ether oxygens (including phenoxy) is 1. The number of hydrogen-bond acceptors (Lipinski definition) is 5. The third kappa shape index (κ3) is 5.05. The average Bonchev–Trinajstić information content (AvgIpc) is 2.47. The highest BCUT2D eigenvalue weighted by Crippen LogP contribution is 2.13. The monoisotopic (exact) mass is 304 g/mol. The van der Waals surface area contributed by atoms with Crippen molar-refractivity contribution >= 4 is 5.91 Å². The van der Waals surface area contributed by atoms with Crippen LogP contribution in [-0.2, 0) is 16.0 Å². The average molecular weight is 304 g/mol. The van der Waals surface area contributed by atoms with Gasteiger partial charge in [-0.2, -0.15) is 0 Å². The molecule has 1 aromatic rings. The second-order valence-electron chi connectivity index (χ2n) is 5.64. The molecule has 6 heteroatoms. The SMILES string of the molecule is CC(=O)NC1COCC(N(N)/C=C(\N)Cc2ccccc2)C1. The van der Waals surface area contributed by atoms with Crippen molar-refractivity contribution in [2.45, 2.75) is 31.8 Å². The first-order valence-corrected chi connectivity index (χ1v) is 7.42. The molecular formula is C16H24N4O2. The molecule has 1 amide bonds. The molecule has 1 aliphatic heterocycles. The minimum atomic E-state index is -0.0584. The van der Waals surface area contributed by atoms with Crippen molar-refractivity contribution in [3.8, 4) is 0 Å². The Morgan fingerprint density at radius 3 is 2.82 bits per heavy atom. The fourth-order valence-electron chi connectivity index (χ4n) is 2.58.